The van der Waals surface area contributed by atoms with Crippen molar-refractivity contribution in [3.05, 3.63) is 0 Å². The molecule has 0 heterocycles. The van der Waals surface area contributed by atoms with Gasteiger partial charge in [-0.1, -0.05) is 90.4 Å². The minimum absolute atomic E-state index is 0.300. The van der Waals surface area contributed by atoms with Crippen LogP contribution >= 0.6 is 7.60 Å². The molecule has 0 aromatic carbocycles. The van der Waals surface area contributed by atoms with Crippen molar-refractivity contribution < 1.29 is 23.1 Å². The zero-order valence-electron chi connectivity index (χ0n) is 20.6. The average molecular weight is 464 g/mol. The highest BCUT2D eigenvalue weighted by Crippen LogP contribution is 2.48. The SMILES string of the molecule is CCCCCCCCCCCCCCCCOC(=O)NCCCP(=O)(OCC)OCC. The van der Waals surface area contributed by atoms with Crippen molar-refractivity contribution in [1.29, 1.82) is 0 Å². The third kappa shape index (κ3) is 21.0. The van der Waals surface area contributed by atoms with Gasteiger partial charge in [-0.15, -0.1) is 0 Å². The topological polar surface area (TPSA) is 73.9 Å². The van der Waals surface area contributed by atoms with Gasteiger partial charge in [-0.25, -0.2) is 4.79 Å². The quantitative estimate of drug-likeness (QED) is 0.123. The maximum Gasteiger partial charge on any atom is 0.407 e. The van der Waals surface area contributed by atoms with Gasteiger partial charge in [0.15, 0.2) is 0 Å². The van der Waals surface area contributed by atoms with Gasteiger partial charge in [0.25, 0.3) is 0 Å². The molecule has 1 N–H and O–H groups in total. The summed E-state index contributed by atoms with van der Waals surface area (Å²) in [7, 11) is -3.03. The van der Waals surface area contributed by atoms with Crippen LogP contribution in [0.25, 0.3) is 0 Å². The Morgan fingerprint density at radius 3 is 1.58 bits per heavy atom. The second kappa shape index (κ2) is 22.6. The molecule has 0 aliphatic carbocycles. The molecule has 1 amide bonds. The monoisotopic (exact) mass is 463 g/mol. The van der Waals surface area contributed by atoms with Gasteiger partial charge in [0.05, 0.1) is 26.0 Å². The van der Waals surface area contributed by atoms with Crippen LogP contribution in [0.1, 0.15) is 117 Å². The number of nitrogens with one attached hydrogen (secondary N) is 1. The Bertz CT molecular complexity index is 438. The van der Waals surface area contributed by atoms with Gasteiger partial charge in [-0.05, 0) is 26.7 Å². The van der Waals surface area contributed by atoms with Crippen LogP contribution in [0.3, 0.4) is 0 Å². The van der Waals surface area contributed by atoms with E-state index in [0.717, 1.165) is 12.8 Å². The van der Waals surface area contributed by atoms with Crippen molar-refractivity contribution in [3.63, 3.8) is 0 Å². The lowest BCUT2D eigenvalue weighted by Crippen LogP contribution is -2.26. The summed E-state index contributed by atoms with van der Waals surface area (Å²) >= 11 is 0. The van der Waals surface area contributed by atoms with Crippen molar-refractivity contribution in [2.24, 2.45) is 0 Å². The molecule has 0 fully saturated rings. The van der Waals surface area contributed by atoms with E-state index in [0.29, 0.717) is 38.9 Å². The standard InChI is InChI=1S/C24H50NO5P/c1-4-7-8-9-10-11-12-13-14-15-16-17-18-19-22-28-24(26)25-21-20-23-31(27,29-5-2)30-6-3/h4-23H2,1-3H3,(H,25,26). The number of unbranched alkanes of at least 4 members (excludes halogenated alkanes) is 13. The van der Waals surface area contributed by atoms with E-state index in [9.17, 15) is 9.36 Å². The zero-order valence-corrected chi connectivity index (χ0v) is 21.5. The molecular formula is C24H50NO5P. The van der Waals surface area contributed by atoms with Gasteiger partial charge in [-0.2, -0.15) is 0 Å². The molecule has 0 spiro atoms. The van der Waals surface area contributed by atoms with Crippen LogP contribution in [-0.2, 0) is 18.3 Å². The predicted octanol–water partition coefficient (Wildman–Crippen LogP) is 7.85. The second-order valence-corrected chi connectivity index (χ2v) is 10.4. The Labute approximate surface area is 192 Å². The molecule has 31 heavy (non-hydrogen) atoms. The number of rotatable bonds is 23. The lowest BCUT2D eigenvalue weighted by Gasteiger charge is -2.16. The summed E-state index contributed by atoms with van der Waals surface area (Å²) in [4.78, 5) is 11.7. The van der Waals surface area contributed by atoms with Crippen molar-refractivity contribution in [1.82, 2.24) is 5.32 Å². The van der Waals surface area contributed by atoms with Gasteiger partial charge in [0, 0.05) is 6.54 Å². The Hall–Kier alpha value is -0.580. The Balaban J connectivity index is 3.38. The van der Waals surface area contributed by atoms with Gasteiger partial charge < -0.3 is 19.1 Å². The second-order valence-electron chi connectivity index (χ2n) is 8.18. The van der Waals surface area contributed by atoms with E-state index in [1.807, 2.05) is 0 Å². The first-order valence-electron chi connectivity index (χ1n) is 12.9. The number of hydrogen-bond acceptors (Lipinski definition) is 5. The zero-order chi connectivity index (χ0) is 23.0. The van der Waals surface area contributed by atoms with Gasteiger partial charge in [0.2, 0.25) is 0 Å². The summed E-state index contributed by atoms with van der Waals surface area (Å²) in [6.45, 7) is 7.42. The van der Waals surface area contributed by atoms with E-state index in [2.05, 4.69) is 12.2 Å². The fraction of sp³-hybridized carbons (Fsp3) is 0.958. The summed E-state index contributed by atoms with van der Waals surface area (Å²) in [5.74, 6) is 0. The summed E-state index contributed by atoms with van der Waals surface area (Å²) in [5, 5.41) is 2.70. The molecule has 0 saturated carbocycles. The summed E-state index contributed by atoms with van der Waals surface area (Å²) < 4.78 is 27.9. The van der Waals surface area contributed by atoms with Crippen LogP contribution in [0.4, 0.5) is 4.79 Å². The summed E-state index contributed by atoms with van der Waals surface area (Å²) in [5.41, 5.74) is 0. The highest BCUT2D eigenvalue weighted by Gasteiger charge is 2.22. The van der Waals surface area contributed by atoms with Crippen LogP contribution in [0, 0.1) is 0 Å². The maximum absolute atomic E-state index is 12.3. The van der Waals surface area contributed by atoms with E-state index < -0.39 is 13.7 Å². The van der Waals surface area contributed by atoms with E-state index >= 15 is 0 Å². The Kier molecular flexibility index (Phi) is 22.2. The minimum Gasteiger partial charge on any atom is -0.450 e. The fourth-order valence-corrected chi connectivity index (χ4v) is 5.20. The summed E-state index contributed by atoms with van der Waals surface area (Å²) in [6.07, 6.45) is 18.8. The fourth-order valence-electron chi connectivity index (χ4n) is 3.54. The number of amides is 1. The number of alkyl carbamates (subject to hydrolysis) is 1. The molecule has 7 heteroatoms. The largest absolute Gasteiger partial charge is 0.450 e. The average Bonchev–Trinajstić information content (AvgIpc) is 2.74. The summed E-state index contributed by atoms with van der Waals surface area (Å²) in [6, 6.07) is 0. The van der Waals surface area contributed by atoms with Crippen molar-refractivity contribution in [3.8, 4) is 0 Å². The van der Waals surface area contributed by atoms with E-state index in [-0.39, 0.29) is 0 Å². The molecule has 0 aromatic heterocycles. The normalized spacial score (nSPS) is 11.6. The first kappa shape index (κ1) is 30.4. The maximum atomic E-state index is 12.3. The molecule has 0 aromatic rings. The lowest BCUT2D eigenvalue weighted by molar-refractivity contribution is 0.143. The smallest absolute Gasteiger partial charge is 0.407 e. The molecule has 0 saturated heterocycles. The number of carbonyl (C=O) groups is 1. The number of hydrogen-bond donors (Lipinski definition) is 1. The van der Waals surface area contributed by atoms with Crippen molar-refractivity contribution in [2.45, 2.75) is 117 Å². The highest BCUT2D eigenvalue weighted by molar-refractivity contribution is 7.53. The molecule has 0 atom stereocenters. The minimum atomic E-state index is -3.03. The van der Waals surface area contributed by atoms with Crippen molar-refractivity contribution in [2.75, 3.05) is 32.5 Å². The highest BCUT2D eigenvalue weighted by atomic mass is 31.2. The number of carbonyl (C=O) groups excluding carboxylic acids is 1. The third-order valence-electron chi connectivity index (χ3n) is 5.26. The molecule has 0 bridgehead atoms. The van der Waals surface area contributed by atoms with E-state index in [4.69, 9.17) is 13.8 Å². The first-order chi connectivity index (χ1) is 15.1. The van der Waals surface area contributed by atoms with Crippen LogP contribution < -0.4 is 5.32 Å². The number of ether oxygens (including phenoxy) is 1. The van der Waals surface area contributed by atoms with E-state index in [1.54, 1.807) is 13.8 Å². The van der Waals surface area contributed by atoms with Crippen LogP contribution in [-0.4, -0.2) is 38.6 Å². The third-order valence-corrected chi connectivity index (χ3v) is 7.43. The lowest BCUT2D eigenvalue weighted by atomic mass is 10.0. The van der Waals surface area contributed by atoms with Gasteiger partial charge >= 0.3 is 13.7 Å². The molecule has 0 aliphatic heterocycles. The molecule has 0 unspecified atom stereocenters. The molecule has 0 radical (unpaired) electrons. The molecule has 6 nitrogen and oxygen atoms in total. The Morgan fingerprint density at radius 1 is 0.677 bits per heavy atom. The van der Waals surface area contributed by atoms with Gasteiger partial charge in [0.1, 0.15) is 0 Å². The molecule has 0 rings (SSSR count). The Morgan fingerprint density at radius 2 is 1.13 bits per heavy atom. The van der Waals surface area contributed by atoms with Crippen LogP contribution in [0.5, 0.6) is 0 Å². The van der Waals surface area contributed by atoms with E-state index in [1.165, 1.54) is 77.0 Å². The van der Waals surface area contributed by atoms with Gasteiger partial charge in [-0.3, -0.25) is 4.57 Å². The molecule has 0 aliphatic rings. The van der Waals surface area contributed by atoms with Crippen LogP contribution in [0.2, 0.25) is 0 Å². The first-order valence-corrected chi connectivity index (χ1v) is 14.6. The van der Waals surface area contributed by atoms with Crippen LogP contribution in [0.15, 0.2) is 0 Å². The molecule has 186 valence electrons. The molecular weight excluding hydrogens is 413 g/mol. The van der Waals surface area contributed by atoms with Crippen molar-refractivity contribution >= 4 is 13.7 Å². The predicted molar refractivity (Wildman–Crippen MR) is 130 cm³/mol.